The molecule has 0 amide bonds. The fraction of sp³-hybridized carbons (Fsp3) is 0.700. The van der Waals surface area contributed by atoms with E-state index in [4.69, 9.17) is 0 Å². The Morgan fingerprint density at radius 2 is 2.11 bits per heavy atom. The number of nitrogens with zero attached hydrogens (tertiary/aromatic N) is 7. The van der Waals surface area contributed by atoms with Gasteiger partial charge in [0, 0.05) is 6.54 Å². The number of halogens is 1. The fourth-order valence-electron chi connectivity index (χ4n) is 1.61. The van der Waals surface area contributed by atoms with E-state index in [1.54, 1.807) is 9.36 Å². The Kier molecular flexibility index (Phi) is 4.40. The highest BCUT2D eigenvalue weighted by Crippen LogP contribution is 2.23. The second kappa shape index (κ2) is 6.03. The molecule has 98 valence electrons. The summed E-state index contributed by atoms with van der Waals surface area (Å²) in [6.07, 6.45) is 3.90. The topological polar surface area (TPSA) is 74.3 Å². The number of tetrazole rings is 1. The highest BCUT2D eigenvalue weighted by molar-refractivity contribution is 9.09. The van der Waals surface area contributed by atoms with Gasteiger partial charge in [-0.05, 0) is 23.3 Å². The van der Waals surface area contributed by atoms with Crippen LogP contribution < -0.4 is 0 Å². The smallest absolute Gasteiger partial charge is 0.172 e. The minimum absolute atomic E-state index is 0.248. The Morgan fingerprint density at radius 1 is 1.28 bits per heavy atom. The van der Waals surface area contributed by atoms with Gasteiger partial charge in [-0.15, -0.1) is 10.2 Å². The van der Waals surface area contributed by atoms with Crippen molar-refractivity contribution < 1.29 is 0 Å². The number of aryl methyl sites for hydroxylation is 1. The average Bonchev–Trinajstić information content (AvgIpc) is 3.00. The van der Waals surface area contributed by atoms with E-state index in [0.717, 1.165) is 30.9 Å². The summed E-state index contributed by atoms with van der Waals surface area (Å²) in [5.74, 6) is 0.802. The van der Waals surface area contributed by atoms with E-state index in [0.29, 0.717) is 6.54 Å². The molecule has 0 spiro atoms. The summed E-state index contributed by atoms with van der Waals surface area (Å²) in [5.41, 5.74) is 0.937. The molecule has 2 heterocycles. The highest BCUT2D eigenvalue weighted by Gasteiger charge is 2.12. The van der Waals surface area contributed by atoms with Crippen molar-refractivity contribution in [3.05, 3.63) is 17.7 Å². The van der Waals surface area contributed by atoms with E-state index in [9.17, 15) is 0 Å². The van der Waals surface area contributed by atoms with E-state index >= 15 is 0 Å². The predicted molar refractivity (Wildman–Crippen MR) is 69.2 cm³/mol. The molecule has 0 saturated heterocycles. The maximum absolute atomic E-state index is 4.13. The predicted octanol–water partition coefficient (Wildman–Crippen LogP) is 1.57. The van der Waals surface area contributed by atoms with Gasteiger partial charge in [-0.3, -0.25) is 0 Å². The molecule has 0 aromatic carbocycles. The molecule has 1 unspecified atom stereocenters. The monoisotopic (exact) mass is 313 g/mol. The van der Waals surface area contributed by atoms with Crippen molar-refractivity contribution in [3.8, 4) is 0 Å². The van der Waals surface area contributed by atoms with E-state index < -0.39 is 0 Å². The van der Waals surface area contributed by atoms with Gasteiger partial charge >= 0.3 is 0 Å². The SMILES string of the molecule is CCCn1nnnc1Cn1cc(C(Br)CC)nn1. The maximum atomic E-state index is 4.13. The molecule has 2 aromatic rings. The largest absolute Gasteiger partial charge is 0.245 e. The summed E-state index contributed by atoms with van der Waals surface area (Å²) >= 11 is 3.55. The summed E-state index contributed by atoms with van der Waals surface area (Å²) in [7, 11) is 0. The summed E-state index contributed by atoms with van der Waals surface area (Å²) in [5, 5.41) is 19.9. The number of hydrogen-bond acceptors (Lipinski definition) is 5. The molecular formula is C10H16BrN7. The minimum atomic E-state index is 0.248. The first-order valence-electron chi connectivity index (χ1n) is 6.03. The van der Waals surface area contributed by atoms with Crippen molar-refractivity contribution in [1.29, 1.82) is 0 Å². The van der Waals surface area contributed by atoms with Crippen molar-refractivity contribution in [3.63, 3.8) is 0 Å². The second-order valence-corrected chi connectivity index (χ2v) is 5.14. The Bertz CT molecular complexity index is 492. The molecule has 2 aromatic heterocycles. The molecule has 0 aliphatic heterocycles. The van der Waals surface area contributed by atoms with Crippen LogP contribution in [0, 0.1) is 0 Å². The summed E-state index contributed by atoms with van der Waals surface area (Å²) < 4.78 is 3.56. The van der Waals surface area contributed by atoms with Crippen molar-refractivity contribution in [2.45, 2.75) is 44.6 Å². The van der Waals surface area contributed by atoms with E-state index in [1.165, 1.54) is 0 Å². The number of rotatable bonds is 6. The molecule has 7 nitrogen and oxygen atoms in total. The van der Waals surface area contributed by atoms with Crippen LogP contribution in [0.5, 0.6) is 0 Å². The third-order valence-corrected chi connectivity index (χ3v) is 3.70. The number of alkyl halides is 1. The van der Waals surface area contributed by atoms with Crippen molar-refractivity contribution in [1.82, 2.24) is 35.2 Å². The first kappa shape index (κ1) is 13.1. The van der Waals surface area contributed by atoms with Crippen molar-refractivity contribution in [2.24, 2.45) is 0 Å². The standard InChI is InChI=1S/C10H16BrN7/c1-3-5-18-10(13-14-16-18)7-17-6-9(12-15-17)8(11)4-2/h6,8H,3-5,7H2,1-2H3. The first-order chi connectivity index (χ1) is 8.74. The lowest BCUT2D eigenvalue weighted by atomic mass is 10.3. The van der Waals surface area contributed by atoms with Gasteiger partial charge in [-0.1, -0.05) is 35.0 Å². The van der Waals surface area contributed by atoms with Gasteiger partial charge < -0.3 is 0 Å². The lowest BCUT2D eigenvalue weighted by molar-refractivity contribution is 0.526. The van der Waals surface area contributed by atoms with Crippen LogP contribution in [0.3, 0.4) is 0 Å². The van der Waals surface area contributed by atoms with Crippen molar-refractivity contribution in [2.75, 3.05) is 0 Å². The molecule has 0 radical (unpaired) electrons. The molecule has 0 saturated carbocycles. The zero-order chi connectivity index (χ0) is 13.0. The fourth-order valence-corrected chi connectivity index (χ4v) is 1.82. The Morgan fingerprint density at radius 3 is 2.83 bits per heavy atom. The third-order valence-electron chi connectivity index (χ3n) is 2.58. The van der Waals surface area contributed by atoms with Gasteiger partial charge in [0.2, 0.25) is 0 Å². The van der Waals surface area contributed by atoms with Crippen molar-refractivity contribution >= 4 is 15.9 Å². The first-order valence-corrected chi connectivity index (χ1v) is 6.95. The van der Waals surface area contributed by atoms with Gasteiger partial charge in [-0.25, -0.2) is 9.36 Å². The minimum Gasteiger partial charge on any atom is -0.245 e. The van der Waals surface area contributed by atoms with Crippen LogP contribution in [0.25, 0.3) is 0 Å². The Labute approximate surface area is 114 Å². The molecule has 0 aliphatic carbocycles. The van der Waals surface area contributed by atoms with Gasteiger partial charge in [0.15, 0.2) is 5.82 Å². The molecule has 1 atom stereocenters. The Hall–Kier alpha value is -1.31. The Balaban J connectivity index is 2.09. The normalized spacial score (nSPS) is 12.8. The summed E-state index contributed by atoms with van der Waals surface area (Å²) in [6.45, 7) is 5.55. The van der Waals surface area contributed by atoms with Gasteiger partial charge in [0.05, 0.1) is 16.7 Å². The number of aromatic nitrogens is 7. The molecule has 0 aliphatic rings. The zero-order valence-electron chi connectivity index (χ0n) is 10.5. The molecular weight excluding hydrogens is 298 g/mol. The molecule has 0 fully saturated rings. The lowest BCUT2D eigenvalue weighted by Crippen LogP contribution is -2.10. The van der Waals surface area contributed by atoms with Crippen LogP contribution in [0.2, 0.25) is 0 Å². The third kappa shape index (κ3) is 2.92. The zero-order valence-corrected chi connectivity index (χ0v) is 12.1. The second-order valence-electron chi connectivity index (χ2n) is 4.04. The molecule has 8 heteroatoms. The number of hydrogen-bond donors (Lipinski definition) is 0. The quantitative estimate of drug-likeness (QED) is 0.757. The maximum Gasteiger partial charge on any atom is 0.172 e. The van der Waals surface area contributed by atoms with Crippen LogP contribution in [-0.4, -0.2) is 35.2 Å². The molecule has 0 N–H and O–H groups in total. The summed E-state index contributed by atoms with van der Waals surface area (Å²) in [4.78, 5) is 0.248. The summed E-state index contributed by atoms with van der Waals surface area (Å²) in [6, 6.07) is 0. The van der Waals surface area contributed by atoms with Crippen LogP contribution >= 0.6 is 15.9 Å². The molecule has 0 bridgehead atoms. The molecule has 2 rings (SSSR count). The van der Waals surface area contributed by atoms with E-state index in [2.05, 4.69) is 55.6 Å². The van der Waals surface area contributed by atoms with Gasteiger partial charge in [0.25, 0.3) is 0 Å². The highest BCUT2D eigenvalue weighted by atomic mass is 79.9. The van der Waals surface area contributed by atoms with Gasteiger partial charge in [-0.2, -0.15) is 0 Å². The van der Waals surface area contributed by atoms with Crippen LogP contribution in [0.4, 0.5) is 0 Å². The van der Waals surface area contributed by atoms with Crippen LogP contribution in [0.15, 0.2) is 6.20 Å². The van der Waals surface area contributed by atoms with E-state index in [1.807, 2.05) is 6.20 Å². The lowest BCUT2D eigenvalue weighted by Gasteiger charge is -2.02. The van der Waals surface area contributed by atoms with Crippen LogP contribution in [-0.2, 0) is 13.1 Å². The molecule has 18 heavy (non-hydrogen) atoms. The average molecular weight is 314 g/mol. The van der Waals surface area contributed by atoms with E-state index in [-0.39, 0.29) is 4.83 Å². The van der Waals surface area contributed by atoms with Crippen LogP contribution in [0.1, 0.15) is 43.0 Å². The van der Waals surface area contributed by atoms with Gasteiger partial charge in [0.1, 0.15) is 6.54 Å².